The van der Waals surface area contributed by atoms with Gasteiger partial charge < -0.3 is 9.52 Å². The molecule has 0 aliphatic carbocycles. The molecular formula is C22H16ClNO3S2. The quantitative estimate of drug-likeness (QED) is 0.403. The molecule has 1 aliphatic rings. The highest BCUT2D eigenvalue weighted by atomic mass is 35.5. The van der Waals surface area contributed by atoms with E-state index in [1.165, 1.54) is 11.8 Å². The van der Waals surface area contributed by atoms with Crippen LogP contribution in [0.1, 0.15) is 11.3 Å². The first-order valence-electron chi connectivity index (χ1n) is 8.89. The summed E-state index contributed by atoms with van der Waals surface area (Å²) in [4.78, 5) is 14.9. The molecule has 1 fully saturated rings. The van der Waals surface area contributed by atoms with Gasteiger partial charge in [-0.2, -0.15) is 0 Å². The minimum Gasteiger partial charge on any atom is -0.508 e. The van der Waals surface area contributed by atoms with Crippen molar-refractivity contribution in [3.8, 4) is 17.1 Å². The van der Waals surface area contributed by atoms with Crippen LogP contribution in [0, 0.1) is 0 Å². The Morgan fingerprint density at radius 3 is 2.52 bits per heavy atom. The molecule has 2 heterocycles. The van der Waals surface area contributed by atoms with Crippen LogP contribution in [0.4, 0.5) is 0 Å². The lowest BCUT2D eigenvalue weighted by atomic mass is 10.1. The summed E-state index contributed by atoms with van der Waals surface area (Å²) in [6, 6.07) is 18.0. The third-order valence-electron chi connectivity index (χ3n) is 4.46. The van der Waals surface area contributed by atoms with E-state index < -0.39 is 0 Å². The van der Waals surface area contributed by atoms with Gasteiger partial charge in [0.05, 0.1) is 4.91 Å². The maximum absolute atomic E-state index is 12.8. The van der Waals surface area contributed by atoms with Crippen molar-refractivity contribution in [1.82, 2.24) is 4.90 Å². The van der Waals surface area contributed by atoms with E-state index in [9.17, 15) is 9.90 Å². The van der Waals surface area contributed by atoms with Crippen molar-refractivity contribution in [2.45, 2.75) is 6.42 Å². The van der Waals surface area contributed by atoms with Crippen molar-refractivity contribution in [3.05, 3.63) is 81.9 Å². The molecule has 1 N–H and O–H groups in total. The Hall–Kier alpha value is -2.54. The fourth-order valence-electron chi connectivity index (χ4n) is 2.93. The standard InChI is InChI=1S/C22H16ClNO3S2/c23-16-5-3-15(4-6-16)19-10-9-18(27-19)13-20-21(26)24(22(28)29-20)12-11-14-1-7-17(25)8-2-14/h1-10,13,25H,11-12H2/b20-13-. The third kappa shape index (κ3) is 4.56. The van der Waals surface area contributed by atoms with Gasteiger partial charge in [0.25, 0.3) is 5.91 Å². The number of hydrogen-bond donors (Lipinski definition) is 1. The fourth-order valence-corrected chi connectivity index (χ4v) is 4.34. The topological polar surface area (TPSA) is 53.7 Å². The third-order valence-corrected chi connectivity index (χ3v) is 6.09. The number of furan rings is 1. The zero-order chi connectivity index (χ0) is 20.4. The number of hydrogen-bond acceptors (Lipinski definition) is 5. The lowest BCUT2D eigenvalue weighted by Crippen LogP contribution is -2.30. The van der Waals surface area contributed by atoms with Crippen molar-refractivity contribution >= 4 is 51.9 Å². The van der Waals surface area contributed by atoms with E-state index in [-0.39, 0.29) is 11.7 Å². The van der Waals surface area contributed by atoms with Gasteiger partial charge in [-0.15, -0.1) is 0 Å². The summed E-state index contributed by atoms with van der Waals surface area (Å²) in [6.45, 7) is 0.487. The number of amides is 1. The molecule has 1 aromatic heterocycles. The molecule has 0 atom stereocenters. The molecule has 3 aromatic rings. The first-order valence-corrected chi connectivity index (χ1v) is 10.5. The van der Waals surface area contributed by atoms with Crippen molar-refractivity contribution in [2.75, 3.05) is 6.54 Å². The Bertz CT molecular complexity index is 1090. The number of rotatable bonds is 5. The molecule has 0 bridgehead atoms. The van der Waals surface area contributed by atoms with Crippen LogP contribution in [0.25, 0.3) is 17.4 Å². The van der Waals surface area contributed by atoms with Crippen LogP contribution in [-0.4, -0.2) is 26.8 Å². The highest BCUT2D eigenvalue weighted by Crippen LogP contribution is 2.34. The van der Waals surface area contributed by atoms with Crippen LogP contribution in [0.2, 0.25) is 5.02 Å². The molecule has 0 radical (unpaired) electrons. The van der Waals surface area contributed by atoms with E-state index in [1.807, 2.05) is 36.4 Å². The number of halogens is 1. The van der Waals surface area contributed by atoms with Crippen LogP contribution >= 0.6 is 35.6 Å². The summed E-state index contributed by atoms with van der Waals surface area (Å²) in [6.07, 6.45) is 2.38. The summed E-state index contributed by atoms with van der Waals surface area (Å²) >= 11 is 12.6. The van der Waals surface area contributed by atoms with Gasteiger partial charge in [0.2, 0.25) is 0 Å². The highest BCUT2D eigenvalue weighted by molar-refractivity contribution is 8.26. The minimum atomic E-state index is -0.122. The monoisotopic (exact) mass is 441 g/mol. The van der Waals surface area contributed by atoms with Gasteiger partial charge in [0.15, 0.2) is 0 Å². The van der Waals surface area contributed by atoms with E-state index in [2.05, 4.69) is 0 Å². The number of benzene rings is 2. The van der Waals surface area contributed by atoms with Crippen LogP contribution in [0.3, 0.4) is 0 Å². The number of carbonyl (C=O) groups excluding carboxylic acids is 1. The average molecular weight is 442 g/mol. The van der Waals surface area contributed by atoms with Gasteiger partial charge in [-0.3, -0.25) is 9.69 Å². The van der Waals surface area contributed by atoms with Gasteiger partial charge in [0.1, 0.15) is 21.6 Å². The SMILES string of the molecule is O=C1/C(=C/c2ccc(-c3ccc(Cl)cc3)o2)SC(=S)N1CCc1ccc(O)cc1. The average Bonchev–Trinajstić information content (AvgIpc) is 3.27. The molecule has 1 aliphatic heterocycles. The van der Waals surface area contributed by atoms with E-state index in [0.717, 1.165) is 11.1 Å². The molecule has 0 spiro atoms. The van der Waals surface area contributed by atoms with E-state index in [1.54, 1.807) is 35.2 Å². The van der Waals surface area contributed by atoms with Crippen LogP contribution in [0.15, 0.2) is 70.0 Å². The molecule has 0 saturated carbocycles. The van der Waals surface area contributed by atoms with E-state index in [4.69, 9.17) is 28.2 Å². The van der Waals surface area contributed by atoms with Crippen molar-refractivity contribution < 1.29 is 14.3 Å². The number of nitrogens with zero attached hydrogens (tertiary/aromatic N) is 1. The summed E-state index contributed by atoms with van der Waals surface area (Å²) in [5.41, 5.74) is 1.94. The summed E-state index contributed by atoms with van der Waals surface area (Å²) in [5.74, 6) is 1.40. The first kappa shape index (κ1) is 19.8. The maximum atomic E-state index is 12.8. The zero-order valence-electron chi connectivity index (χ0n) is 15.2. The smallest absolute Gasteiger partial charge is 0.266 e. The Balaban J connectivity index is 1.46. The van der Waals surface area contributed by atoms with Crippen LogP contribution < -0.4 is 0 Å². The number of phenolic OH excluding ortho intramolecular Hbond substituents is 1. The molecule has 1 saturated heterocycles. The number of carbonyl (C=O) groups is 1. The van der Waals surface area contributed by atoms with Crippen LogP contribution in [0.5, 0.6) is 5.75 Å². The summed E-state index contributed by atoms with van der Waals surface area (Å²) < 4.78 is 6.39. The predicted molar refractivity (Wildman–Crippen MR) is 121 cm³/mol. The van der Waals surface area contributed by atoms with Gasteiger partial charge >= 0.3 is 0 Å². The second kappa shape index (κ2) is 8.45. The minimum absolute atomic E-state index is 0.122. The largest absolute Gasteiger partial charge is 0.508 e. The molecular weight excluding hydrogens is 426 g/mol. The number of thioether (sulfide) groups is 1. The second-order valence-corrected chi connectivity index (χ2v) is 8.57. The molecule has 2 aromatic carbocycles. The van der Waals surface area contributed by atoms with Crippen molar-refractivity contribution in [1.29, 1.82) is 0 Å². The fraction of sp³-hybridized carbons (Fsp3) is 0.0909. The highest BCUT2D eigenvalue weighted by Gasteiger charge is 2.31. The molecule has 29 heavy (non-hydrogen) atoms. The number of phenols is 1. The predicted octanol–water partition coefficient (Wildman–Crippen LogP) is 5.75. The lowest BCUT2D eigenvalue weighted by Gasteiger charge is -2.14. The van der Waals surface area contributed by atoms with Gasteiger partial charge in [-0.25, -0.2) is 0 Å². The first-order chi connectivity index (χ1) is 14.0. The second-order valence-electron chi connectivity index (χ2n) is 6.46. The number of thiocarbonyl (C=S) groups is 1. The maximum Gasteiger partial charge on any atom is 0.266 e. The van der Waals surface area contributed by atoms with E-state index >= 15 is 0 Å². The van der Waals surface area contributed by atoms with Crippen molar-refractivity contribution in [2.24, 2.45) is 0 Å². The van der Waals surface area contributed by atoms with Gasteiger partial charge in [-0.05, 0) is 60.5 Å². The normalized spacial score (nSPS) is 15.5. The number of aromatic hydroxyl groups is 1. The molecule has 0 unspecified atom stereocenters. The lowest BCUT2D eigenvalue weighted by molar-refractivity contribution is -0.122. The van der Waals surface area contributed by atoms with Crippen LogP contribution in [-0.2, 0) is 11.2 Å². The Labute approximate surface area is 182 Å². The Kier molecular flexibility index (Phi) is 5.76. The zero-order valence-corrected chi connectivity index (χ0v) is 17.6. The molecule has 7 heteroatoms. The molecule has 4 nitrogen and oxygen atoms in total. The molecule has 146 valence electrons. The molecule has 1 amide bonds. The Morgan fingerprint density at radius 1 is 1.07 bits per heavy atom. The summed E-state index contributed by atoms with van der Waals surface area (Å²) in [7, 11) is 0. The van der Waals surface area contributed by atoms with Crippen molar-refractivity contribution in [3.63, 3.8) is 0 Å². The summed E-state index contributed by atoms with van der Waals surface area (Å²) in [5, 5.41) is 10.0. The Morgan fingerprint density at radius 2 is 1.79 bits per heavy atom. The van der Waals surface area contributed by atoms with Gasteiger partial charge in [-0.1, -0.05) is 47.7 Å². The van der Waals surface area contributed by atoms with Gasteiger partial charge in [0, 0.05) is 23.2 Å². The van der Waals surface area contributed by atoms with E-state index in [0.29, 0.717) is 38.7 Å². The molecule has 4 rings (SSSR count).